The maximum absolute atomic E-state index is 14.3. The molecular formula is C42H68N10O13S2. The largest absolute Gasteiger partial charge is 0.508 e. The third-order valence-electron chi connectivity index (χ3n) is 10.7. The molecule has 23 nitrogen and oxygen atoms in total. The maximum Gasteiger partial charge on any atom is 0.327 e. The Hall–Kier alpha value is -5.21. The molecule has 0 unspecified atom stereocenters. The number of nitrogens with zero attached hydrogens (tertiary/aromatic N) is 1. The standard InChI is InChI=1S/C42H68N10O13S2/c1-21(2)16-28(47-35(57)26(44)19-66)36(58)49-30(18-53)38(60)45-22(3)34(56)46-27(8-5-6-14-43)41(63)52-15-7-9-32(52)39(61)48-29(17-24-10-12-25(55)13-11-24)37(59)51-33(23(4)54)40(62)50-31(20-67)42(64)65/h10-13,21-23,26-33,53-55,66-67H,5-9,14-20,43-44H2,1-4H3,(H,45,60)(H,46,56)(H,47,57)(H,48,61)(H,49,58)(H,50,62)(H,51,59)(H,64,65)/t22-,23+,26-,27-,28-,29-,30-,31-,32-,33-/m0/s1. The highest BCUT2D eigenvalue weighted by atomic mass is 32.1. The molecular weight excluding hydrogens is 917 g/mol. The van der Waals surface area contributed by atoms with E-state index in [4.69, 9.17) is 11.5 Å². The minimum absolute atomic E-state index is 0.00906. The van der Waals surface area contributed by atoms with E-state index in [0.717, 1.165) is 0 Å². The zero-order valence-corrected chi connectivity index (χ0v) is 39.9. The number of carboxylic acids is 1. The summed E-state index contributed by atoms with van der Waals surface area (Å²) in [5.74, 6) is -8.45. The Morgan fingerprint density at radius 2 is 1.31 bits per heavy atom. The summed E-state index contributed by atoms with van der Waals surface area (Å²) < 4.78 is 0. The van der Waals surface area contributed by atoms with Crippen molar-refractivity contribution < 1.29 is 63.6 Å². The molecule has 1 aliphatic heterocycles. The van der Waals surface area contributed by atoms with Crippen LogP contribution in [0.2, 0.25) is 0 Å². The van der Waals surface area contributed by atoms with Crippen molar-refractivity contribution in [1.82, 2.24) is 42.1 Å². The van der Waals surface area contributed by atoms with E-state index >= 15 is 0 Å². The highest BCUT2D eigenvalue weighted by Crippen LogP contribution is 2.21. The number of aliphatic carboxylic acids is 1. The molecule has 0 bridgehead atoms. The van der Waals surface area contributed by atoms with Crippen LogP contribution in [-0.4, -0.2) is 170 Å². The first-order valence-electron chi connectivity index (χ1n) is 22.0. The molecule has 15 N–H and O–H groups in total. The average molecular weight is 985 g/mol. The SMILES string of the molecule is CC(C)C[C@H](NC(=O)[C@@H](N)CS)C(=O)N[C@@H](CO)C(=O)N[C@@H](C)C(=O)N[C@@H](CCCCN)C(=O)N1CCC[C@H]1C(=O)N[C@@H](Cc1ccc(O)cc1)C(=O)N[C@H](C(=O)N[C@@H](CS)C(=O)O)[C@@H](C)O. The van der Waals surface area contributed by atoms with Crippen molar-refractivity contribution in [3.05, 3.63) is 29.8 Å². The molecule has 1 aromatic rings. The molecule has 1 aliphatic rings. The number of nitrogens with one attached hydrogen (secondary N) is 7. The van der Waals surface area contributed by atoms with Crippen molar-refractivity contribution in [2.45, 2.75) is 133 Å². The highest BCUT2D eigenvalue weighted by molar-refractivity contribution is 7.80. The van der Waals surface area contributed by atoms with Crippen LogP contribution in [0.4, 0.5) is 0 Å². The van der Waals surface area contributed by atoms with Crippen LogP contribution >= 0.6 is 25.3 Å². The number of carbonyl (C=O) groups excluding carboxylic acids is 8. The zero-order chi connectivity index (χ0) is 50.5. The summed E-state index contributed by atoms with van der Waals surface area (Å²) >= 11 is 7.92. The van der Waals surface area contributed by atoms with E-state index in [-0.39, 0.29) is 61.9 Å². The molecule has 0 aromatic heterocycles. The normalized spacial score (nSPS) is 17.5. The number of unbranched alkanes of at least 4 members (excludes halogenated alkanes) is 1. The molecule has 0 radical (unpaired) electrons. The van der Waals surface area contributed by atoms with Crippen LogP contribution in [0, 0.1) is 5.92 Å². The van der Waals surface area contributed by atoms with E-state index in [9.17, 15) is 63.6 Å². The van der Waals surface area contributed by atoms with E-state index in [1.807, 2.05) is 0 Å². The number of aliphatic hydroxyl groups excluding tert-OH is 2. The number of phenolic OH excluding ortho intramolecular Hbond substituents is 1. The lowest BCUT2D eigenvalue weighted by molar-refractivity contribution is -0.143. The smallest absolute Gasteiger partial charge is 0.327 e. The minimum atomic E-state index is -1.67. The van der Waals surface area contributed by atoms with E-state index in [1.165, 1.54) is 43.0 Å². The van der Waals surface area contributed by atoms with Gasteiger partial charge in [0.2, 0.25) is 47.3 Å². The van der Waals surface area contributed by atoms with Gasteiger partial charge in [0.1, 0.15) is 54.1 Å². The number of aliphatic hydroxyl groups is 2. The summed E-state index contributed by atoms with van der Waals surface area (Å²) in [6, 6.07) is -6.23. The van der Waals surface area contributed by atoms with Crippen LogP contribution in [0.25, 0.3) is 0 Å². The number of thiol groups is 2. The van der Waals surface area contributed by atoms with Crippen molar-refractivity contribution in [1.29, 1.82) is 0 Å². The number of likely N-dealkylation sites (tertiary alicyclic amines) is 1. The Bertz CT molecular complexity index is 1860. The lowest BCUT2D eigenvalue weighted by Crippen LogP contribution is -2.61. The molecule has 0 spiro atoms. The molecule has 1 saturated heterocycles. The summed E-state index contributed by atoms with van der Waals surface area (Å²) in [6.07, 6.45) is -0.122. The quantitative estimate of drug-likeness (QED) is 0.0283. The average Bonchev–Trinajstić information content (AvgIpc) is 3.78. The number of nitrogens with two attached hydrogens (primary N) is 2. The van der Waals surface area contributed by atoms with Crippen molar-refractivity contribution in [3.8, 4) is 5.75 Å². The van der Waals surface area contributed by atoms with Crippen LogP contribution in [0.5, 0.6) is 5.75 Å². The van der Waals surface area contributed by atoms with Gasteiger partial charge in [-0.3, -0.25) is 38.4 Å². The fourth-order valence-corrected chi connectivity index (χ4v) is 7.32. The van der Waals surface area contributed by atoms with Crippen LogP contribution in [0.15, 0.2) is 24.3 Å². The molecule has 1 aromatic carbocycles. The highest BCUT2D eigenvalue weighted by Gasteiger charge is 2.40. The molecule has 1 fully saturated rings. The van der Waals surface area contributed by atoms with Gasteiger partial charge in [-0.15, -0.1) is 0 Å². The predicted octanol–water partition coefficient (Wildman–Crippen LogP) is -3.84. The number of amides is 8. The number of aromatic hydroxyl groups is 1. The van der Waals surface area contributed by atoms with E-state index in [2.05, 4.69) is 62.5 Å². The first-order valence-corrected chi connectivity index (χ1v) is 23.2. The second-order valence-corrected chi connectivity index (χ2v) is 17.5. The zero-order valence-electron chi connectivity index (χ0n) is 38.1. The summed E-state index contributed by atoms with van der Waals surface area (Å²) in [7, 11) is 0. The molecule has 376 valence electrons. The Morgan fingerprint density at radius 3 is 1.87 bits per heavy atom. The van der Waals surface area contributed by atoms with Crippen LogP contribution < -0.4 is 48.7 Å². The van der Waals surface area contributed by atoms with Gasteiger partial charge in [0, 0.05) is 24.5 Å². The molecule has 1 heterocycles. The van der Waals surface area contributed by atoms with Crippen molar-refractivity contribution in [2.75, 3.05) is 31.2 Å². The van der Waals surface area contributed by atoms with E-state index in [0.29, 0.717) is 24.8 Å². The molecule has 10 atom stereocenters. The fourth-order valence-electron chi connectivity index (χ4n) is 6.91. The van der Waals surface area contributed by atoms with E-state index < -0.39 is 120 Å². The summed E-state index contributed by atoms with van der Waals surface area (Å²) in [6.45, 7) is 5.59. The molecule has 25 heteroatoms. The van der Waals surface area contributed by atoms with Crippen molar-refractivity contribution >= 4 is 78.5 Å². The summed E-state index contributed by atoms with van der Waals surface area (Å²) in [4.78, 5) is 120. The third kappa shape index (κ3) is 18.8. The number of benzene rings is 1. The van der Waals surface area contributed by atoms with Crippen LogP contribution in [0.1, 0.15) is 71.8 Å². The number of carbonyl (C=O) groups is 9. The van der Waals surface area contributed by atoms with Crippen LogP contribution in [0.3, 0.4) is 0 Å². The van der Waals surface area contributed by atoms with Gasteiger partial charge in [0.05, 0.1) is 18.8 Å². The molecule has 67 heavy (non-hydrogen) atoms. The van der Waals surface area contributed by atoms with E-state index in [1.54, 1.807) is 13.8 Å². The number of hydrogen-bond donors (Lipinski definition) is 15. The van der Waals surface area contributed by atoms with Crippen molar-refractivity contribution in [3.63, 3.8) is 0 Å². The lowest BCUT2D eigenvalue weighted by atomic mass is 10.0. The Kier molecular flexibility index (Phi) is 24.9. The lowest BCUT2D eigenvalue weighted by Gasteiger charge is -2.31. The van der Waals surface area contributed by atoms with Gasteiger partial charge in [0.15, 0.2) is 0 Å². The first kappa shape index (κ1) is 57.9. The van der Waals surface area contributed by atoms with Gasteiger partial charge in [-0.1, -0.05) is 26.0 Å². The van der Waals surface area contributed by atoms with Gasteiger partial charge < -0.3 is 74.0 Å². The molecule has 8 amide bonds. The Labute approximate surface area is 400 Å². The Balaban J connectivity index is 2.29. The van der Waals surface area contributed by atoms with Gasteiger partial charge in [0.25, 0.3) is 0 Å². The molecule has 0 saturated carbocycles. The maximum atomic E-state index is 14.3. The fraction of sp³-hybridized carbons (Fsp3) is 0.643. The first-order chi connectivity index (χ1) is 31.6. The number of carboxylic acid groups (broad SMARTS) is 1. The number of rotatable bonds is 28. The van der Waals surface area contributed by atoms with Gasteiger partial charge in [-0.25, -0.2) is 4.79 Å². The topological polar surface area (TPSA) is 374 Å². The second kappa shape index (κ2) is 28.9. The predicted molar refractivity (Wildman–Crippen MR) is 250 cm³/mol. The molecule has 0 aliphatic carbocycles. The van der Waals surface area contributed by atoms with Crippen molar-refractivity contribution in [2.24, 2.45) is 17.4 Å². The third-order valence-corrected chi connectivity index (χ3v) is 11.5. The number of phenols is 1. The summed E-state index contributed by atoms with van der Waals surface area (Å²) in [5, 5.41) is 56.8. The Morgan fingerprint density at radius 1 is 0.731 bits per heavy atom. The monoisotopic (exact) mass is 984 g/mol. The van der Waals surface area contributed by atoms with Gasteiger partial charge >= 0.3 is 5.97 Å². The van der Waals surface area contributed by atoms with Gasteiger partial charge in [-0.2, -0.15) is 25.3 Å². The van der Waals surface area contributed by atoms with Crippen LogP contribution in [-0.2, 0) is 49.6 Å². The molecule has 2 rings (SSSR count). The second-order valence-electron chi connectivity index (χ2n) is 16.7. The number of hydrogen-bond acceptors (Lipinski definition) is 16. The van der Waals surface area contributed by atoms with Gasteiger partial charge in [-0.05, 0) is 82.5 Å². The minimum Gasteiger partial charge on any atom is -0.508 e. The summed E-state index contributed by atoms with van der Waals surface area (Å²) in [5.41, 5.74) is 11.9.